The quantitative estimate of drug-likeness (QED) is 0.768. The van der Waals surface area contributed by atoms with Crippen molar-refractivity contribution in [2.45, 2.75) is 34.1 Å². The molecule has 1 aromatic heterocycles. The molecule has 0 spiro atoms. The first-order valence-corrected chi connectivity index (χ1v) is 6.89. The summed E-state index contributed by atoms with van der Waals surface area (Å²) in [5.74, 6) is 0.697. The molecule has 90 valence electrons. The molecule has 0 aliphatic rings. The van der Waals surface area contributed by atoms with E-state index in [9.17, 15) is 0 Å². The summed E-state index contributed by atoms with van der Waals surface area (Å²) in [7, 11) is 0. The van der Waals surface area contributed by atoms with Gasteiger partial charge >= 0.3 is 0 Å². The second kappa shape index (κ2) is 5.01. The van der Waals surface area contributed by atoms with Crippen LogP contribution < -0.4 is 0 Å². The highest BCUT2D eigenvalue weighted by molar-refractivity contribution is 7.15. The van der Waals surface area contributed by atoms with E-state index in [1.807, 2.05) is 17.5 Å². The Morgan fingerprint density at radius 1 is 1.12 bits per heavy atom. The van der Waals surface area contributed by atoms with E-state index in [0.29, 0.717) is 5.92 Å². The Labute approximate surface area is 108 Å². The fourth-order valence-corrected chi connectivity index (χ4v) is 3.15. The summed E-state index contributed by atoms with van der Waals surface area (Å²) < 4.78 is 0. The molecule has 0 amide bonds. The number of rotatable bonds is 3. The largest absolute Gasteiger partial charge is 0.244 e. The summed E-state index contributed by atoms with van der Waals surface area (Å²) in [5, 5.41) is 1.15. The highest BCUT2D eigenvalue weighted by atomic mass is 32.1. The van der Waals surface area contributed by atoms with E-state index >= 15 is 0 Å². The SMILES string of the molecule is Cc1cc(C)cc(-c2ncc(CC(C)C)s2)c1. The molecule has 1 heterocycles. The maximum atomic E-state index is 4.54. The Bertz CT molecular complexity index is 491. The number of nitrogens with zero attached hydrogens (tertiary/aromatic N) is 1. The summed E-state index contributed by atoms with van der Waals surface area (Å²) >= 11 is 1.82. The molecule has 0 radical (unpaired) electrons. The molecular weight excluding hydrogens is 226 g/mol. The molecule has 0 atom stereocenters. The second-order valence-corrected chi connectivity index (χ2v) is 6.22. The van der Waals surface area contributed by atoms with Crippen LogP contribution in [0.2, 0.25) is 0 Å². The monoisotopic (exact) mass is 245 g/mol. The minimum absolute atomic E-state index is 0.697. The zero-order valence-electron chi connectivity index (χ0n) is 10.9. The van der Waals surface area contributed by atoms with Gasteiger partial charge in [-0.05, 0) is 38.3 Å². The molecule has 17 heavy (non-hydrogen) atoms. The van der Waals surface area contributed by atoms with Crippen LogP contribution in [0.1, 0.15) is 29.9 Å². The van der Waals surface area contributed by atoms with Crippen LogP contribution in [-0.2, 0) is 6.42 Å². The first-order valence-electron chi connectivity index (χ1n) is 6.08. The smallest absolute Gasteiger partial charge is 0.123 e. The summed E-state index contributed by atoms with van der Waals surface area (Å²) in [4.78, 5) is 5.92. The lowest BCUT2D eigenvalue weighted by Gasteiger charge is -2.01. The van der Waals surface area contributed by atoms with Gasteiger partial charge < -0.3 is 0 Å². The first-order chi connectivity index (χ1) is 8.04. The molecular formula is C15H19NS. The Hall–Kier alpha value is -1.15. The summed E-state index contributed by atoms with van der Waals surface area (Å²) in [6.45, 7) is 8.77. The topological polar surface area (TPSA) is 12.9 Å². The highest BCUT2D eigenvalue weighted by Crippen LogP contribution is 2.28. The van der Waals surface area contributed by atoms with Crippen LogP contribution in [0.25, 0.3) is 10.6 Å². The van der Waals surface area contributed by atoms with Gasteiger partial charge in [-0.25, -0.2) is 4.98 Å². The number of thiazole rings is 1. The molecule has 0 N–H and O–H groups in total. The van der Waals surface area contributed by atoms with Crippen molar-refractivity contribution in [3.05, 3.63) is 40.4 Å². The number of hydrogen-bond donors (Lipinski definition) is 0. The minimum Gasteiger partial charge on any atom is -0.244 e. The van der Waals surface area contributed by atoms with Crippen molar-refractivity contribution in [1.29, 1.82) is 0 Å². The Balaban J connectivity index is 2.30. The van der Waals surface area contributed by atoms with Crippen molar-refractivity contribution >= 4 is 11.3 Å². The highest BCUT2D eigenvalue weighted by Gasteiger charge is 2.07. The molecule has 2 rings (SSSR count). The van der Waals surface area contributed by atoms with Crippen LogP contribution in [0.3, 0.4) is 0 Å². The lowest BCUT2D eigenvalue weighted by molar-refractivity contribution is 0.653. The average Bonchev–Trinajstić information content (AvgIpc) is 2.63. The molecule has 1 nitrogen and oxygen atoms in total. The molecule has 0 saturated carbocycles. The Morgan fingerprint density at radius 3 is 2.35 bits per heavy atom. The minimum atomic E-state index is 0.697. The van der Waals surface area contributed by atoms with Gasteiger partial charge in [0.25, 0.3) is 0 Å². The number of aromatic nitrogens is 1. The third kappa shape index (κ3) is 3.16. The van der Waals surface area contributed by atoms with Crippen molar-refractivity contribution in [1.82, 2.24) is 4.98 Å². The van der Waals surface area contributed by atoms with E-state index < -0.39 is 0 Å². The first kappa shape index (κ1) is 12.3. The Kier molecular flexibility index (Phi) is 3.63. The van der Waals surface area contributed by atoms with Crippen molar-refractivity contribution < 1.29 is 0 Å². The number of aryl methyl sites for hydroxylation is 2. The molecule has 1 aromatic carbocycles. The molecule has 0 fully saturated rings. The standard InChI is InChI=1S/C15H19NS/c1-10(2)5-14-9-16-15(17-14)13-7-11(3)6-12(4)8-13/h6-10H,5H2,1-4H3. The molecule has 2 heteroatoms. The molecule has 0 aliphatic carbocycles. The zero-order chi connectivity index (χ0) is 12.4. The van der Waals surface area contributed by atoms with E-state index in [1.54, 1.807) is 0 Å². The zero-order valence-corrected chi connectivity index (χ0v) is 11.8. The fraction of sp³-hybridized carbons (Fsp3) is 0.400. The maximum absolute atomic E-state index is 4.54. The van der Waals surface area contributed by atoms with Crippen LogP contribution in [0.4, 0.5) is 0 Å². The van der Waals surface area contributed by atoms with Gasteiger partial charge in [0.2, 0.25) is 0 Å². The lowest BCUT2D eigenvalue weighted by Crippen LogP contribution is -1.89. The van der Waals surface area contributed by atoms with Crippen LogP contribution in [-0.4, -0.2) is 4.98 Å². The predicted molar refractivity (Wildman–Crippen MR) is 75.6 cm³/mol. The van der Waals surface area contributed by atoms with Crippen molar-refractivity contribution in [3.8, 4) is 10.6 Å². The van der Waals surface area contributed by atoms with E-state index in [-0.39, 0.29) is 0 Å². The van der Waals surface area contributed by atoms with Crippen LogP contribution in [0.5, 0.6) is 0 Å². The molecule has 2 aromatic rings. The number of benzene rings is 1. The average molecular weight is 245 g/mol. The Morgan fingerprint density at radius 2 is 1.76 bits per heavy atom. The second-order valence-electron chi connectivity index (χ2n) is 5.11. The fourth-order valence-electron chi connectivity index (χ4n) is 2.04. The van der Waals surface area contributed by atoms with Gasteiger partial charge in [-0.1, -0.05) is 31.0 Å². The van der Waals surface area contributed by atoms with Crippen molar-refractivity contribution in [3.63, 3.8) is 0 Å². The lowest BCUT2D eigenvalue weighted by atomic mass is 10.1. The third-order valence-electron chi connectivity index (χ3n) is 2.63. The van der Waals surface area contributed by atoms with E-state index in [1.165, 1.54) is 21.6 Å². The van der Waals surface area contributed by atoms with Gasteiger partial charge in [-0.3, -0.25) is 0 Å². The van der Waals surface area contributed by atoms with Gasteiger partial charge in [0.1, 0.15) is 5.01 Å². The van der Waals surface area contributed by atoms with Gasteiger partial charge in [0.05, 0.1) is 0 Å². The van der Waals surface area contributed by atoms with Gasteiger partial charge in [0.15, 0.2) is 0 Å². The van der Waals surface area contributed by atoms with Gasteiger partial charge in [-0.2, -0.15) is 0 Å². The summed E-state index contributed by atoms with van der Waals surface area (Å²) in [6, 6.07) is 6.63. The summed E-state index contributed by atoms with van der Waals surface area (Å²) in [5.41, 5.74) is 3.86. The summed E-state index contributed by atoms with van der Waals surface area (Å²) in [6.07, 6.45) is 3.15. The van der Waals surface area contributed by atoms with Crippen LogP contribution in [0, 0.1) is 19.8 Å². The third-order valence-corrected chi connectivity index (χ3v) is 3.70. The van der Waals surface area contributed by atoms with Crippen molar-refractivity contribution in [2.24, 2.45) is 5.92 Å². The van der Waals surface area contributed by atoms with Crippen molar-refractivity contribution in [2.75, 3.05) is 0 Å². The number of hydrogen-bond acceptors (Lipinski definition) is 2. The maximum Gasteiger partial charge on any atom is 0.123 e. The van der Waals surface area contributed by atoms with E-state index in [2.05, 4.69) is 50.9 Å². The van der Waals surface area contributed by atoms with E-state index in [0.717, 1.165) is 11.4 Å². The normalized spacial score (nSPS) is 11.1. The molecule has 0 saturated heterocycles. The predicted octanol–water partition coefficient (Wildman–Crippen LogP) is 4.63. The molecule has 0 unspecified atom stereocenters. The van der Waals surface area contributed by atoms with Crippen LogP contribution in [0.15, 0.2) is 24.4 Å². The van der Waals surface area contributed by atoms with Crippen LogP contribution >= 0.6 is 11.3 Å². The van der Waals surface area contributed by atoms with E-state index in [4.69, 9.17) is 0 Å². The van der Waals surface area contributed by atoms with Gasteiger partial charge in [0, 0.05) is 16.6 Å². The van der Waals surface area contributed by atoms with Gasteiger partial charge in [-0.15, -0.1) is 11.3 Å². The molecule has 0 aliphatic heterocycles. The molecule has 0 bridgehead atoms.